The van der Waals surface area contributed by atoms with Gasteiger partial charge in [-0.3, -0.25) is 4.72 Å². The second kappa shape index (κ2) is 11.0. The van der Waals surface area contributed by atoms with Crippen molar-refractivity contribution >= 4 is 49.8 Å². The number of sulfonamides is 1. The molecule has 0 saturated heterocycles. The standard InChI is InChI=1S/C14H12N4O2.C12H20N2O3S/c1-18-11(14(19)20)7-9-3-2-4-10(13(9)18)17-12-5-6-15-8-16-12;1-12(2,3)8-6-9(13)11(17-4)10(7-8)14-18(5,15)16/h2-8H,1H3,(H,19,20)(H,15,16,17);6-7,14H,13H2,1-5H3. The lowest BCUT2D eigenvalue weighted by Crippen LogP contribution is -2.15. The van der Waals surface area contributed by atoms with Crippen molar-refractivity contribution in [1.82, 2.24) is 14.5 Å². The Balaban J connectivity index is 0.000000212. The molecule has 4 aromatic rings. The van der Waals surface area contributed by atoms with Crippen molar-refractivity contribution in [3.63, 3.8) is 0 Å². The van der Waals surface area contributed by atoms with Gasteiger partial charge < -0.3 is 25.5 Å². The minimum atomic E-state index is -3.37. The van der Waals surface area contributed by atoms with Gasteiger partial charge in [0.15, 0.2) is 5.75 Å². The molecule has 0 aliphatic carbocycles. The van der Waals surface area contributed by atoms with Crippen LogP contribution in [0.5, 0.6) is 5.75 Å². The molecule has 0 spiro atoms. The van der Waals surface area contributed by atoms with E-state index in [1.54, 1.807) is 42.1 Å². The number of carbonyl (C=O) groups is 1. The molecule has 0 unspecified atom stereocenters. The van der Waals surface area contributed by atoms with Gasteiger partial charge in [-0.2, -0.15) is 0 Å². The molecule has 0 aliphatic rings. The van der Waals surface area contributed by atoms with Crippen LogP contribution in [0.4, 0.5) is 22.9 Å². The molecule has 0 saturated carbocycles. The van der Waals surface area contributed by atoms with Crippen molar-refractivity contribution in [2.75, 3.05) is 29.1 Å². The predicted molar refractivity (Wildman–Crippen MR) is 150 cm³/mol. The van der Waals surface area contributed by atoms with Gasteiger partial charge in [0.25, 0.3) is 0 Å². The van der Waals surface area contributed by atoms with Crippen LogP contribution in [0.15, 0.2) is 55.0 Å². The molecule has 0 radical (unpaired) electrons. The number of anilines is 4. The molecule has 0 aliphatic heterocycles. The van der Waals surface area contributed by atoms with Crippen LogP contribution < -0.4 is 20.5 Å². The minimum Gasteiger partial charge on any atom is -0.492 e. The molecular formula is C26H32N6O5S. The lowest BCUT2D eigenvalue weighted by atomic mass is 9.86. The van der Waals surface area contributed by atoms with Gasteiger partial charge in [0, 0.05) is 18.6 Å². The number of fused-ring (bicyclic) bond motifs is 1. The summed E-state index contributed by atoms with van der Waals surface area (Å²) in [6, 6.07) is 12.6. The molecule has 2 aromatic heterocycles. The number of aromatic carboxylic acids is 1. The third-order valence-corrected chi connectivity index (χ3v) is 6.19. The lowest BCUT2D eigenvalue weighted by Gasteiger charge is -2.22. The summed E-state index contributed by atoms with van der Waals surface area (Å²) in [5.74, 6) is 0.0516. The van der Waals surface area contributed by atoms with Crippen LogP contribution in [0.2, 0.25) is 0 Å². The Bertz CT molecular complexity index is 1560. The minimum absolute atomic E-state index is 0.131. The summed E-state index contributed by atoms with van der Waals surface area (Å²) in [5.41, 5.74) is 9.35. The van der Waals surface area contributed by atoms with E-state index in [1.807, 2.05) is 39.0 Å². The summed E-state index contributed by atoms with van der Waals surface area (Å²) in [6.07, 6.45) is 4.19. The van der Waals surface area contributed by atoms with Gasteiger partial charge in [-0.05, 0) is 41.3 Å². The number of carboxylic acids is 1. The first-order valence-corrected chi connectivity index (χ1v) is 13.4. The van der Waals surface area contributed by atoms with Crippen LogP contribution in [-0.4, -0.2) is 47.4 Å². The average molecular weight is 541 g/mol. The predicted octanol–water partition coefficient (Wildman–Crippen LogP) is 4.36. The maximum atomic E-state index is 11.3. The number of para-hydroxylation sites is 1. The van der Waals surface area contributed by atoms with Gasteiger partial charge in [0.2, 0.25) is 10.0 Å². The number of aromatic nitrogens is 3. The summed E-state index contributed by atoms with van der Waals surface area (Å²) < 4.78 is 31.9. The van der Waals surface area contributed by atoms with Gasteiger partial charge in [0.05, 0.1) is 35.9 Å². The number of nitrogens with one attached hydrogen (secondary N) is 2. The molecular weight excluding hydrogens is 508 g/mol. The molecule has 0 bridgehead atoms. The molecule has 2 aromatic carbocycles. The largest absolute Gasteiger partial charge is 0.492 e. The quantitative estimate of drug-likeness (QED) is 0.260. The van der Waals surface area contributed by atoms with E-state index in [9.17, 15) is 18.3 Å². The van der Waals surface area contributed by atoms with Crippen molar-refractivity contribution in [1.29, 1.82) is 0 Å². The first-order valence-electron chi connectivity index (χ1n) is 11.5. The second-order valence-electron chi connectivity index (χ2n) is 9.63. The molecule has 0 amide bonds. The van der Waals surface area contributed by atoms with E-state index in [0.717, 1.165) is 28.4 Å². The normalized spacial score (nSPS) is 11.4. The molecule has 5 N–H and O–H groups in total. The summed E-state index contributed by atoms with van der Waals surface area (Å²) in [6.45, 7) is 6.08. The molecule has 0 atom stereocenters. The van der Waals surface area contributed by atoms with E-state index in [0.29, 0.717) is 22.9 Å². The van der Waals surface area contributed by atoms with E-state index < -0.39 is 16.0 Å². The SMILES string of the molecule is COc1c(N)cc(C(C)(C)C)cc1NS(C)(=O)=O.Cn1c(C(=O)O)cc2cccc(Nc3ccncn3)c21. The smallest absolute Gasteiger partial charge is 0.352 e. The number of rotatable bonds is 6. The van der Waals surface area contributed by atoms with Crippen molar-refractivity contribution in [2.45, 2.75) is 26.2 Å². The highest BCUT2D eigenvalue weighted by Crippen LogP contribution is 2.37. The number of nitrogens with two attached hydrogens (primary N) is 1. The average Bonchev–Trinajstić information content (AvgIpc) is 3.16. The number of hydrogen-bond donors (Lipinski definition) is 4. The van der Waals surface area contributed by atoms with Crippen LogP contribution in [0.1, 0.15) is 36.8 Å². The Hall–Kier alpha value is -4.32. The fraction of sp³-hybridized carbons (Fsp3) is 0.269. The number of nitrogens with zero attached hydrogens (tertiary/aromatic N) is 3. The van der Waals surface area contributed by atoms with Gasteiger partial charge in [-0.1, -0.05) is 32.9 Å². The zero-order valence-electron chi connectivity index (χ0n) is 22.1. The zero-order chi connectivity index (χ0) is 28.3. The highest BCUT2D eigenvalue weighted by molar-refractivity contribution is 7.92. The van der Waals surface area contributed by atoms with Crippen molar-refractivity contribution in [3.05, 3.63) is 66.2 Å². The fourth-order valence-electron chi connectivity index (χ4n) is 3.81. The van der Waals surface area contributed by atoms with E-state index >= 15 is 0 Å². The van der Waals surface area contributed by atoms with E-state index in [1.165, 1.54) is 13.4 Å². The maximum absolute atomic E-state index is 11.3. The van der Waals surface area contributed by atoms with Crippen molar-refractivity contribution in [3.8, 4) is 5.75 Å². The van der Waals surface area contributed by atoms with Gasteiger partial charge >= 0.3 is 5.97 Å². The Labute approximate surface area is 221 Å². The van der Waals surface area contributed by atoms with Crippen molar-refractivity contribution < 1.29 is 23.1 Å². The first kappa shape index (κ1) is 28.3. The number of hydrogen-bond acceptors (Lipinski definition) is 8. The monoisotopic (exact) mass is 540 g/mol. The number of aryl methyl sites for hydroxylation is 1. The number of methoxy groups -OCH3 is 1. The fourth-order valence-corrected chi connectivity index (χ4v) is 4.36. The summed E-state index contributed by atoms with van der Waals surface area (Å²) in [4.78, 5) is 19.2. The Morgan fingerprint density at radius 1 is 1.13 bits per heavy atom. The zero-order valence-corrected chi connectivity index (χ0v) is 22.9. The summed E-state index contributed by atoms with van der Waals surface area (Å²) in [5, 5.41) is 13.2. The Morgan fingerprint density at radius 2 is 1.84 bits per heavy atom. The van der Waals surface area contributed by atoms with Gasteiger partial charge in [-0.15, -0.1) is 0 Å². The van der Waals surface area contributed by atoms with Crippen molar-refractivity contribution in [2.24, 2.45) is 7.05 Å². The molecule has 4 rings (SSSR count). The Morgan fingerprint density at radius 3 is 2.39 bits per heavy atom. The molecule has 12 heteroatoms. The van der Waals surface area contributed by atoms with E-state index in [4.69, 9.17) is 10.5 Å². The molecule has 0 fully saturated rings. The van der Waals surface area contributed by atoms with E-state index in [-0.39, 0.29) is 11.1 Å². The van der Waals surface area contributed by atoms with Crippen LogP contribution in [0.3, 0.4) is 0 Å². The third kappa shape index (κ3) is 6.71. The molecule has 202 valence electrons. The van der Waals surface area contributed by atoms with Crippen LogP contribution >= 0.6 is 0 Å². The highest BCUT2D eigenvalue weighted by atomic mass is 32.2. The first-order chi connectivity index (χ1) is 17.7. The summed E-state index contributed by atoms with van der Waals surface area (Å²) >= 11 is 0. The van der Waals surface area contributed by atoms with Crippen LogP contribution in [0.25, 0.3) is 10.9 Å². The summed E-state index contributed by atoms with van der Waals surface area (Å²) in [7, 11) is -0.187. The highest BCUT2D eigenvalue weighted by Gasteiger charge is 2.20. The second-order valence-corrected chi connectivity index (χ2v) is 11.4. The Kier molecular flexibility index (Phi) is 8.16. The molecule has 2 heterocycles. The number of ether oxygens (including phenoxy) is 1. The third-order valence-electron chi connectivity index (χ3n) is 5.60. The molecule has 38 heavy (non-hydrogen) atoms. The van der Waals surface area contributed by atoms with E-state index in [2.05, 4.69) is 20.0 Å². The maximum Gasteiger partial charge on any atom is 0.352 e. The lowest BCUT2D eigenvalue weighted by molar-refractivity contribution is 0.0687. The number of carboxylic acid groups (broad SMARTS) is 1. The number of benzene rings is 2. The van der Waals surface area contributed by atoms with Crippen LogP contribution in [0, 0.1) is 0 Å². The van der Waals surface area contributed by atoms with Gasteiger partial charge in [0.1, 0.15) is 17.8 Å². The van der Waals surface area contributed by atoms with Gasteiger partial charge in [-0.25, -0.2) is 23.2 Å². The molecule has 11 nitrogen and oxygen atoms in total. The topological polar surface area (TPSA) is 161 Å². The van der Waals surface area contributed by atoms with Crippen LogP contribution in [-0.2, 0) is 22.5 Å². The number of nitrogen functional groups attached to an aromatic ring is 1.